The normalized spacial score (nSPS) is 25.0. The highest BCUT2D eigenvalue weighted by atomic mass is 32.2. The maximum atomic E-state index is 5.06. The predicted octanol–water partition coefficient (Wildman–Crippen LogP) is 3.22. The Bertz CT molecular complexity index is 645. The van der Waals surface area contributed by atoms with Crippen molar-refractivity contribution < 1.29 is 0 Å². The lowest BCUT2D eigenvalue weighted by molar-refractivity contribution is 0.259. The number of aliphatic imine (C=N–C) groups is 1. The van der Waals surface area contributed by atoms with Crippen molar-refractivity contribution in [3.05, 3.63) is 42.5 Å². The summed E-state index contributed by atoms with van der Waals surface area (Å²) in [7, 11) is 0. The van der Waals surface area contributed by atoms with Crippen LogP contribution >= 0.6 is 11.8 Å². The van der Waals surface area contributed by atoms with Gasteiger partial charge in [-0.05, 0) is 38.3 Å². The molecule has 0 bridgehead atoms. The first kappa shape index (κ1) is 17.9. The molecule has 1 unspecified atom stereocenters. The lowest BCUT2D eigenvalue weighted by Crippen LogP contribution is -2.43. The molecule has 1 aromatic carbocycles. The van der Waals surface area contributed by atoms with Gasteiger partial charge in [-0.3, -0.25) is 9.89 Å². The molecule has 1 saturated carbocycles. The molecule has 1 saturated heterocycles. The molecule has 0 spiro atoms. The van der Waals surface area contributed by atoms with Crippen molar-refractivity contribution in [2.75, 3.05) is 39.3 Å². The van der Waals surface area contributed by atoms with Crippen LogP contribution in [0.3, 0.4) is 0 Å². The van der Waals surface area contributed by atoms with E-state index in [4.69, 9.17) is 4.99 Å². The van der Waals surface area contributed by atoms with Crippen LogP contribution in [0.4, 0.5) is 0 Å². The Kier molecular flexibility index (Phi) is 5.55. The second-order valence-corrected chi connectivity index (χ2v) is 9.12. The van der Waals surface area contributed by atoms with E-state index in [-0.39, 0.29) is 0 Å². The zero-order chi connectivity index (χ0) is 17.8. The Balaban J connectivity index is 1.37. The largest absolute Gasteiger partial charge is 0.357 e. The number of nitrogens with one attached hydrogen (secondary N) is 1. The molecule has 2 heterocycles. The number of hydrogen-bond acceptors (Lipinski definition) is 3. The topological polar surface area (TPSA) is 30.9 Å². The first-order valence-electron chi connectivity index (χ1n) is 9.94. The summed E-state index contributed by atoms with van der Waals surface area (Å²) in [6.45, 7) is 8.47. The second-order valence-electron chi connectivity index (χ2n) is 7.58. The van der Waals surface area contributed by atoms with Crippen molar-refractivity contribution in [3.63, 3.8) is 0 Å². The van der Waals surface area contributed by atoms with E-state index in [1.807, 2.05) is 11.8 Å². The van der Waals surface area contributed by atoms with Crippen LogP contribution in [0.15, 0.2) is 52.4 Å². The van der Waals surface area contributed by atoms with Gasteiger partial charge in [-0.2, -0.15) is 0 Å². The fraction of sp³-hybridized carbons (Fsp3) is 0.571. The highest BCUT2D eigenvalue weighted by Gasteiger charge is 2.44. The highest BCUT2D eigenvalue weighted by Crippen LogP contribution is 2.51. The number of nitrogens with zero attached hydrogens (tertiary/aromatic N) is 3. The molecule has 26 heavy (non-hydrogen) atoms. The molecule has 4 nitrogen and oxygen atoms in total. The summed E-state index contributed by atoms with van der Waals surface area (Å²) in [5, 5.41) is 3.53. The average molecular weight is 371 g/mol. The Labute approximate surface area is 161 Å². The van der Waals surface area contributed by atoms with Gasteiger partial charge in [0.1, 0.15) is 0 Å². The first-order chi connectivity index (χ1) is 12.8. The predicted molar refractivity (Wildman–Crippen MR) is 111 cm³/mol. The monoisotopic (exact) mass is 370 g/mol. The molecule has 4 rings (SSSR count). The molecule has 0 aromatic heterocycles. The van der Waals surface area contributed by atoms with Gasteiger partial charge >= 0.3 is 0 Å². The van der Waals surface area contributed by atoms with Gasteiger partial charge in [0.15, 0.2) is 5.96 Å². The molecule has 0 amide bonds. The van der Waals surface area contributed by atoms with Crippen LogP contribution in [0.1, 0.15) is 26.2 Å². The summed E-state index contributed by atoms with van der Waals surface area (Å²) >= 11 is 2.01. The zero-order valence-electron chi connectivity index (χ0n) is 15.7. The highest BCUT2D eigenvalue weighted by molar-refractivity contribution is 8.01. The maximum Gasteiger partial charge on any atom is 0.194 e. The smallest absolute Gasteiger partial charge is 0.194 e. The molecule has 2 fully saturated rings. The van der Waals surface area contributed by atoms with Crippen molar-refractivity contribution in [2.24, 2.45) is 4.99 Å². The van der Waals surface area contributed by atoms with E-state index in [9.17, 15) is 0 Å². The van der Waals surface area contributed by atoms with E-state index in [2.05, 4.69) is 64.5 Å². The molecular weight excluding hydrogens is 340 g/mol. The summed E-state index contributed by atoms with van der Waals surface area (Å²) in [4.78, 5) is 11.5. The van der Waals surface area contributed by atoms with Gasteiger partial charge in [0.05, 0.1) is 6.54 Å². The van der Waals surface area contributed by atoms with Crippen molar-refractivity contribution in [1.82, 2.24) is 15.1 Å². The van der Waals surface area contributed by atoms with E-state index in [0.717, 1.165) is 45.2 Å². The number of thioether (sulfide) groups is 1. The average Bonchev–Trinajstić information content (AvgIpc) is 3.08. The second kappa shape index (κ2) is 8.05. The standard InChI is InChI=1S/C21H30N4S/c1-2-22-20(25-15-10-18(16-25)24-13-6-7-14-24)23-17-21(11-12-21)26-19-8-4-3-5-9-19/h3-9,18H,2,10-17H2,1H3,(H,22,23). The Morgan fingerprint density at radius 1 is 1.23 bits per heavy atom. The van der Waals surface area contributed by atoms with Crippen molar-refractivity contribution >= 4 is 17.7 Å². The Morgan fingerprint density at radius 2 is 2.00 bits per heavy atom. The number of rotatable bonds is 6. The summed E-state index contributed by atoms with van der Waals surface area (Å²) in [6, 6.07) is 11.4. The zero-order valence-corrected chi connectivity index (χ0v) is 16.5. The van der Waals surface area contributed by atoms with E-state index in [1.54, 1.807) is 0 Å². The van der Waals surface area contributed by atoms with Crippen LogP contribution in [-0.2, 0) is 0 Å². The molecule has 1 aliphatic carbocycles. The molecular formula is C21H30N4S. The van der Waals surface area contributed by atoms with Gasteiger partial charge < -0.3 is 10.2 Å². The van der Waals surface area contributed by atoms with Crippen LogP contribution < -0.4 is 5.32 Å². The van der Waals surface area contributed by atoms with Crippen LogP contribution in [0, 0.1) is 0 Å². The van der Waals surface area contributed by atoms with Crippen molar-refractivity contribution in [2.45, 2.75) is 41.9 Å². The molecule has 2 aliphatic heterocycles. The molecule has 0 radical (unpaired) electrons. The van der Waals surface area contributed by atoms with Gasteiger partial charge in [0, 0.05) is 48.4 Å². The Morgan fingerprint density at radius 3 is 2.69 bits per heavy atom. The van der Waals surface area contributed by atoms with Crippen molar-refractivity contribution in [3.8, 4) is 0 Å². The fourth-order valence-electron chi connectivity index (χ4n) is 3.84. The van der Waals surface area contributed by atoms with Gasteiger partial charge in [-0.15, -0.1) is 11.8 Å². The number of likely N-dealkylation sites (tertiary alicyclic amines) is 1. The van der Waals surface area contributed by atoms with Crippen LogP contribution in [0.2, 0.25) is 0 Å². The van der Waals surface area contributed by atoms with Crippen LogP contribution in [0.5, 0.6) is 0 Å². The lowest BCUT2D eigenvalue weighted by Gasteiger charge is -2.26. The molecule has 1 atom stereocenters. The molecule has 5 heteroatoms. The SMILES string of the molecule is CCNC(=NCC1(Sc2ccccc2)CC1)N1CCC(N2CC=CC2)C1. The number of guanidine groups is 1. The van der Waals surface area contributed by atoms with E-state index < -0.39 is 0 Å². The fourth-order valence-corrected chi connectivity index (χ4v) is 5.07. The molecule has 1 N–H and O–H groups in total. The van der Waals surface area contributed by atoms with Gasteiger partial charge in [0.2, 0.25) is 0 Å². The first-order valence-corrected chi connectivity index (χ1v) is 10.8. The molecule has 1 aromatic rings. The van der Waals surface area contributed by atoms with Gasteiger partial charge in [-0.25, -0.2) is 0 Å². The summed E-state index contributed by atoms with van der Waals surface area (Å²) in [5.41, 5.74) is 0. The Hall–Kier alpha value is -1.46. The quantitative estimate of drug-likeness (QED) is 0.473. The summed E-state index contributed by atoms with van der Waals surface area (Å²) < 4.78 is 0.319. The molecule has 140 valence electrons. The minimum atomic E-state index is 0.319. The number of hydrogen-bond donors (Lipinski definition) is 1. The van der Waals surface area contributed by atoms with E-state index >= 15 is 0 Å². The van der Waals surface area contributed by atoms with Gasteiger partial charge in [0.25, 0.3) is 0 Å². The third kappa shape index (κ3) is 4.26. The van der Waals surface area contributed by atoms with Crippen LogP contribution in [0.25, 0.3) is 0 Å². The van der Waals surface area contributed by atoms with E-state index in [0.29, 0.717) is 10.8 Å². The third-order valence-electron chi connectivity index (χ3n) is 5.56. The van der Waals surface area contributed by atoms with Gasteiger partial charge in [-0.1, -0.05) is 30.4 Å². The molecule has 3 aliphatic rings. The van der Waals surface area contributed by atoms with E-state index in [1.165, 1.54) is 24.2 Å². The summed E-state index contributed by atoms with van der Waals surface area (Å²) in [6.07, 6.45) is 8.38. The van der Waals surface area contributed by atoms with Crippen molar-refractivity contribution in [1.29, 1.82) is 0 Å². The van der Waals surface area contributed by atoms with Crippen LogP contribution in [-0.4, -0.2) is 65.8 Å². The summed E-state index contributed by atoms with van der Waals surface area (Å²) in [5.74, 6) is 1.11. The minimum absolute atomic E-state index is 0.319. The minimum Gasteiger partial charge on any atom is -0.357 e. The lowest BCUT2D eigenvalue weighted by atomic mass is 10.2. The number of benzene rings is 1. The maximum absolute atomic E-state index is 5.06. The third-order valence-corrected chi connectivity index (χ3v) is 7.04.